The second kappa shape index (κ2) is 3.70. The van der Waals surface area contributed by atoms with Gasteiger partial charge in [0, 0.05) is 6.54 Å². The number of fused-ring (bicyclic) bond motifs is 1. The van der Waals surface area contributed by atoms with E-state index in [-0.39, 0.29) is 5.91 Å². The van der Waals surface area contributed by atoms with Crippen molar-refractivity contribution in [3.05, 3.63) is 29.3 Å². The molecule has 1 heterocycles. The maximum absolute atomic E-state index is 11.4. The van der Waals surface area contributed by atoms with Gasteiger partial charge in [-0.3, -0.25) is 14.9 Å². The van der Waals surface area contributed by atoms with Crippen LogP contribution < -0.4 is 15.8 Å². The number of benzene rings is 1. The molecular weight excluding hydrogens is 196 g/mol. The Kier molecular flexibility index (Phi) is 2.39. The van der Waals surface area contributed by atoms with Crippen molar-refractivity contribution >= 4 is 11.8 Å². The van der Waals surface area contributed by atoms with Gasteiger partial charge in [0.2, 0.25) is 0 Å². The summed E-state index contributed by atoms with van der Waals surface area (Å²) in [5.41, 5.74) is 5.95. The van der Waals surface area contributed by atoms with Crippen molar-refractivity contribution in [2.24, 2.45) is 5.73 Å². The smallest absolute Gasteiger partial charge is 0.262 e. The summed E-state index contributed by atoms with van der Waals surface area (Å²) >= 11 is 0. The Bertz CT molecular complexity index is 429. The van der Waals surface area contributed by atoms with Gasteiger partial charge in [-0.25, -0.2) is 0 Å². The molecular formula is C10H10N2O3. The highest BCUT2D eigenvalue weighted by Crippen LogP contribution is 2.25. The van der Waals surface area contributed by atoms with Crippen LogP contribution in [-0.2, 0) is 0 Å². The van der Waals surface area contributed by atoms with Crippen molar-refractivity contribution in [3.63, 3.8) is 0 Å². The Morgan fingerprint density at radius 3 is 2.80 bits per heavy atom. The number of carbonyl (C=O) groups excluding carboxylic acids is 2. The van der Waals surface area contributed by atoms with Crippen LogP contribution in [0.5, 0.6) is 5.75 Å². The van der Waals surface area contributed by atoms with Gasteiger partial charge in [-0.05, 0) is 12.1 Å². The van der Waals surface area contributed by atoms with E-state index in [0.29, 0.717) is 30.0 Å². The van der Waals surface area contributed by atoms with Crippen molar-refractivity contribution in [3.8, 4) is 5.75 Å². The Morgan fingerprint density at radius 2 is 2.07 bits per heavy atom. The van der Waals surface area contributed by atoms with Crippen LogP contribution in [-0.4, -0.2) is 25.0 Å². The van der Waals surface area contributed by atoms with Crippen molar-refractivity contribution < 1.29 is 14.3 Å². The normalized spacial score (nSPS) is 13.7. The monoisotopic (exact) mass is 206 g/mol. The first kappa shape index (κ1) is 9.67. The van der Waals surface area contributed by atoms with E-state index < -0.39 is 5.91 Å². The highest BCUT2D eigenvalue weighted by Gasteiger charge is 2.29. The fourth-order valence-corrected chi connectivity index (χ4v) is 1.48. The van der Waals surface area contributed by atoms with Crippen molar-refractivity contribution in [2.75, 3.05) is 13.2 Å². The Balaban J connectivity index is 2.41. The van der Waals surface area contributed by atoms with E-state index in [0.717, 1.165) is 0 Å². The average Bonchev–Trinajstić information content (AvgIpc) is 2.53. The summed E-state index contributed by atoms with van der Waals surface area (Å²) in [4.78, 5) is 22.7. The molecule has 2 rings (SSSR count). The zero-order chi connectivity index (χ0) is 10.8. The molecule has 0 bridgehead atoms. The molecule has 0 atom stereocenters. The first-order valence-electron chi connectivity index (χ1n) is 4.55. The molecule has 0 fully saturated rings. The molecule has 0 unspecified atom stereocenters. The number of hydrogen-bond acceptors (Lipinski definition) is 4. The van der Waals surface area contributed by atoms with Crippen LogP contribution in [0.4, 0.5) is 0 Å². The van der Waals surface area contributed by atoms with Crippen LogP contribution in [0.1, 0.15) is 20.7 Å². The minimum atomic E-state index is -0.414. The lowest BCUT2D eigenvalue weighted by Crippen LogP contribution is -2.20. The third-order valence-electron chi connectivity index (χ3n) is 2.10. The van der Waals surface area contributed by atoms with Gasteiger partial charge in [-0.15, -0.1) is 0 Å². The summed E-state index contributed by atoms with van der Waals surface area (Å²) in [7, 11) is 0. The van der Waals surface area contributed by atoms with Gasteiger partial charge in [0.15, 0.2) is 0 Å². The fourth-order valence-electron chi connectivity index (χ4n) is 1.48. The van der Waals surface area contributed by atoms with E-state index in [2.05, 4.69) is 5.32 Å². The molecule has 3 N–H and O–H groups in total. The molecule has 0 saturated carbocycles. The van der Waals surface area contributed by atoms with Crippen LogP contribution in [0.25, 0.3) is 0 Å². The molecule has 2 amide bonds. The number of carbonyl (C=O) groups is 2. The van der Waals surface area contributed by atoms with Gasteiger partial charge in [0.25, 0.3) is 11.8 Å². The fraction of sp³-hybridized carbons (Fsp3) is 0.200. The zero-order valence-corrected chi connectivity index (χ0v) is 7.95. The van der Waals surface area contributed by atoms with E-state index in [1.54, 1.807) is 18.2 Å². The summed E-state index contributed by atoms with van der Waals surface area (Å²) < 4.78 is 5.28. The molecule has 0 spiro atoms. The number of nitrogens with one attached hydrogen (secondary N) is 1. The molecule has 0 radical (unpaired) electrons. The lowest BCUT2D eigenvalue weighted by atomic mass is 10.1. The number of imide groups is 1. The van der Waals surface area contributed by atoms with Crippen molar-refractivity contribution in [1.82, 2.24) is 5.32 Å². The van der Waals surface area contributed by atoms with Crippen LogP contribution in [0.2, 0.25) is 0 Å². The second-order valence-corrected chi connectivity index (χ2v) is 3.10. The number of hydrogen-bond donors (Lipinski definition) is 2. The predicted octanol–water partition coefficient (Wildman–Crippen LogP) is -0.0923. The molecule has 78 valence electrons. The van der Waals surface area contributed by atoms with E-state index in [4.69, 9.17) is 10.5 Å². The lowest BCUT2D eigenvalue weighted by Gasteiger charge is -2.06. The van der Waals surface area contributed by atoms with E-state index in [1.807, 2.05) is 0 Å². The van der Waals surface area contributed by atoms with Gasteiger partial charge in [0.1, 0.15) is 12.4 Å². The van der Waals surface area contributed by atoms with Crippen LogP contribution >= 0.6 is 0 Å². The SMILES string of the molecule is NCCOc1cccc2c1C(=O)NC2=O. The van der Waals surface area contributed by atoms with Gasteiger partial charge in [-0.1, -0.05) is 6.07 Å². The highest BCUT2D eigenvalue weighted by atomic mass is 16.5. The van der Waals surface area contributed by atoms with Crippen molar-refractivity contribution in [2.45, 2.75) is 0 Å². The third-order valence-corrected chi connectivity index (χ3v) is 2.10. The van der Waals surface area contributed by atoms with Gasteiger partial charge in [-0.2, -0.15) is 0 Å². The van der Waals surface area contributed by atoms with Crippen molar-refractivity contribution in [1.29, 1.82) is 0 Å². The minimum absolute atomic E-state index is 0.302. The zero-order valence-electron chi connectivity index (χ0n) is 7.95. The predicted molar refractivity (Wildman–Crippen MR) is 52.8 cm³/mol. The number of rotatable bonds is 3. The molecule has 5 heteroatoms. The standard InChI is InChI=1S/C10H10N2O3/c11-4-5-15-7-3-1-2-6-8(7)10(14)12-9(6)13/h1-3H,4-5,11H2,(H,12,13,14). The molecule has 15 heavy (non-hydrogen) atoms. The summed E-state index contributed by atoms with van der Waals surface area (Å²) in [6, 6.07) is 4.90. The number of nitrogens with two attached hydrogens (primary N) is 1. The average molecular weight is 206 g/mol. The van der Waals surface area contributed by atoms with Crippen LogP contribution in [0.3, 0.4) is 0 Å². The van der Waals surface area contributed by atoms with E-state index in [1.165, 1.54) is 0 Å². The summed E-state index contributed by atoms with van der Waals surface area (Å²) in [5, 5.41) is 2.21. The van der Waals surface area contributed by atoms with Crippen LogP contribution in [0, 0.1) is 0 Å². The number of ether oxygens (including phenoxy) is 1. The molecule has 1 aromatic carbocycles. The number of amides is 2. The first-order valence-corrected chi connectivity index (χ1v) is 4.55. The molecule has 1 aliphatic rings. The van der Waals surface area contributed by atoms with Crippen LogP contribution in [0.15, 0.2) is 18.2 Å². The van der Waals surface area contributed by atoms with Gasteiger partial charge >= 0.3 is 0 Å². The molecule has 5 nitrogen and oxygen atoms in total. The maximum Gasteiger partial charge on any atom is 0.262 e. The lowest BCUT2D eigenvalue weighted by molar-refractivity contribution is 0.0878. The first-order chi connectivity index (χ1) is 7.24. The second-order valence-electron chi connectivity index (χ2n) is 3.10. The molecule has 0 aromatic heterocycles. The summed E-state index contributed by atoms with van der Waals surface area (Å²) in [6.07, 6.45) is 0. The minimum Gasteiger partial charge on any atom is -0.491 e. The summed E-state index contributed by atoms with van der Waals surface area (Å²) in [6.45, 7) is 0.678. The third kappa shape index (κ3) is 1.57. The van der Waals surface area contributed by atoms with E-state index >= 15 is 0 Å². The maximum atomic E-state index is 11.4. The van der Waals surface area contributed by atoms with Gasteiger partial charge in [0.05, 0.1) is 11.1 Å². The Labute approximate surface area is 86.2 Å². The van der Waals surface area contributed by atoms with E-state index in [9.17, 15) is 9.59 Å². The Morgan fingerprint density at radius 1 is 1.27 bits per heavy atom. The quantitative estimate of drug-likeness (QED) is 0.677. The molecule has 0 saturated heterocycles. The Hall–Kier alpha value is -1.88. The molecule has 0 aliphatic carbocycles. The molecule has 1 aliphatic heterocycles. The topological polar surface area (TPSA) is 81.4 Å². The largest absolute Gasteiger partial charge is 0.491 e. The highest BCUT2D eigenvalue weighted by molar-refractivity contribution is 6.22. The summed E-state index contributed by atoms with van der Waals surface area (Å²) in [5.74, 6) is -0.392. The molecule has 1 aromatic rings. The van der Waals surface area contributed by atoms with Gasteiger partial charge < -0.3 is 10.5 Å².